The summed E-state index contributed by atoms with van der Waals surface area (Å²) in [7, 11) is 0. The van der Waals surface area contributed by atoms with Gasteiger partial charge in [-0.25, -0.2) is 4.39 Å². The fraction of sp³-hybridized carbons (Fsp3) is 0.500. The van der Waals surface area contributed by atoms with E-state index < -0.39 is 0 Å². The summed E-state index contributed by atoms with van der Waals surface area (Å²) in [4.78, 5) is 13.4. The van der Waals surface area contributed by atoms with Crippen LogP contribution in [0.1, 0.15) is 25.0 Å². The summed E-state index contributed by atoms with van der Waals surface area (Å²) in [5.41, 5.74) is 6.90. The molecular formula is C14H21FN2O2. The minimum atomic E-state index is -0.292. The second-order valence-electron chi connectivity index (χ2n) is 4.24. The molecule has 0 aliphatic rings. The van der Waals surface area contributed by atoms with Crippen LogP contribution in [0, 0.1) is 5.82 Å². The second kappa shape index (κ2) is 7.86. The third-order valence-electron chi connectivity index (χ3n) is 2.84. The van der Waals surface area contributed by atoms with Gasteiger partial charge in [0.05, 0.1) is 13.2 Å². The first kappa shape index (κ1) is 15.6. The van der Waals surface area contributed by atoms with Gasteiger partial charge in [0.15, 0.2) is 0 Å². The second-order valence-corrected chi connectivity index (χ2v) is 4.24. The summed E-state index contributed by atoms with van der Waals surface area (Å²) in [6.45, 7) is 5.82. The fourth-order valence-electron chi connectivity index (χ4n) is 1.81. The lowest BCUT2D eigenvalue weighted by Crippen LogP contribution is -2.30. The molecule has 0 saturated carbocycles. The van der Waals surface area contributed by atoms with Crippen LogP contribution in [0.4, 0.5) is 4.39 Å². The Hall–Kier alpha value is -1.46. The molecule has 1 aromatic rings. The van der Waals surface area contributed by atoms with Gasteiger partial charge in [0.2, 0.25) is 0 Å². The molecule has 0 aliphatic heterocycles. The predicted octanol–water partition coefficient (Wildman–Crippen LogP) is 1.67. The van der Waals surface area contributed by atoms with Gasteiger partial charge in [0.25, 0.3) is 0 Å². The van der Waals surface area contributed by atoms with Crippen molar-refractivity contribution in [2.24, 2.45) is 5.73 Å². The summed E-state index contributed by atoms with van der Waals surface area (Å²) >= 11 is 0. The van der Waals surface area contributed by atoms with Crippen LogP contribution in [0.25, 0.3) is 0 Å². The average molecular weight is 268 g/mol. The van der Waals surface area contributed by atoms with Crippen molar-refractivity contribution in [2.45, 2.75) is 26.9 Å². The zero-order chi connectivity index (χ0) is 14.3. The van der Waals surface area contributed by atoms with Gasteiger partial charge < -0.3 is 10.5 Å². The molecular weight excluding hydrogens is 247 g/mol. The van der Waals surface area contributed by atoms with Gasteiger partial charge in [-0.1, -0.05) is 19.1 Å². The summed E-state index contributed by atoms with van der Waals surface area (Å²) in [6, 6.07) is 4.86. The Morgan fingerprint density at radius 3 is 2.74 bits per heavy atom. The van der Waals surface area contributed by atoms with Crippen molar-refractivity contribution >= 4 is 5.97 Å². The maximum absolute atomic E-state index is 13.3. The molecule has 0 aromatic heterocycles. The molecule has 0 fully saturated rings. The zero-order valence-electron chi connectivity index (χ0n) is 11.5. The molecule has 0 aliphatic carbocycles. The highest BCUT2D eigenvalue weighted by molar-refractivity contribution is 5.71. The smallest absolute Gasteiger partial charge is 0.320 e. The molecule has 1 rings (SSSR count). The first-order valence-electron chi connectivity index (χ1n) is 6.46. The van der Waals surface area contributed by atoms with E-state index in [1.165, 1.54) is 6.07 Å². The SMILES string of the molecule is CCOC(=O)CN(CC)Cc1ccc(F)c(CN)c1. The molecule has 106 valence electrons. The number of carbonyl (C=O) groups excluding carboxylic acids is 1. The fourth-order valence-corrected chi connectivity index (χ4v) is 1.81. The maximum Gasteiger partial charge on any atom is 0.320 e. The first-order valence-corrected chi connectivity index (χ1v) is 6.46. The van der Waals surface area contributed by atoms with Crippen LogP contribution < -0.4 is 5.73 Å². The molecule has 5 heteroatoms. The Kier molecular flexibility index (Phi) is 6.45. The summed E-state index contributed by atoms with van der Waals surface area (Å²) < 4.78 is 18.2. The van der Waals surface area contributed by atoms with Gasteiger partial charge in [0.1, 0.15) is 5.82 Å². The maximum atomic E-state index is 13.3. The minimum Gasteiger partial charge on any atom is -0.465 e. The van der Waals surface area contributed by atoms with Crippen LogP contribution in [-0.4, -0.2) is 30.6 Å². The molecule has 0 unspecified atom stereocenters. The van der Waals surface area contributed by atoms with Gasteiger partial charge in [-0.3, -0.25) is 9.69 Å². The molecule has 4 nitrogen and oxygen atoms in total. The van der Waals surface area contributed by atoms with Crippen molar-refractivity contribution in [2.75, 3.05) is 19.7 Å². The highest BCUT2D eigenvalue weighted by Gasteiger charge is 2.11. The molecule has 0 radical (unpaired) electrons. The van der Waals surface area contributed by atoms with Gasteiger partial charge in [0, 0.05) is 18.7 Å². The number of likely N-dealkylation sites (N-methyl/N-ethyl adjacent to an activating group) is 1. The number of nitrogens with two attached hydrogens (primary N) is 1. The highest BCUT2D eigenvalue weighted by Crippen LogP contribution is 2.12. The van der Waals surface area contributed by atoms with Crippen LogP contribution >= 0.6 is 0 Å². The minimum absolute atomic E-state index is 0.170. The number of benzene rings is 1. The molecule has 0 amide bonds. The average Bonchev–Trinajstić information content (AvgIpc) is 2.40. The van der Waals surface area contributed by atoms with Crippen molar-refractivity contribution < 1.29 is 13.9 Å². The van der Waals surface area contributed by atoms with E-state index in [0.717, 1.165) is 5.56 Å². The molecule has 0 saturated heterocycles. The number of halogens is 1. The number of nitrogens with zero attached hydrogens (tertiary/aromatic N) is 1. The van der Waals surface area contributed by atoms with E-state index in [-0.39, 0.29) is 24.9 Å². The molecule has 0 spiro atoms. The monoisotopic (exact) mass is 268 g/mol. The number of hydrogen-bond acceptors (Lipinski definition) is 4. The van der Waals surface area contributed by atoms with Crippen molar-refractivity contribution in [3.8, 4) is 0 Å². The Labute approximate surface area is 113 Å². The highest BCUT2D eigenvalue weighted by atomic mass is 19.1. The number of ether oxygens (including phenoxy) is 1. The van der Waals surface area contributed by atoms with E-state index in [1.807, 2.05) is 11.8 Å². The van der Waals surface area contributed by atoms with E-state index in [1.54, 1.807) is 19.1 Å². The van der Waals surface area contributed by atoms with E-state index >= 15 is 0 Å². The molecule has 0 atom stereocenters. The number of hydrogen-bond donors (Lipinski definition) is 1. The van der Waals surface area contributed by atoms with E-state index in [4.69, 9.17) is 10.5 Å². The van der Waals surface area contributed by atoms with Crippen LogP contribution in [0.5, 0.6) is 0 Å². The van der Waals surface area contributed by atoms with Crippen molar-refractivity contribution in [1.29, 1.82) is 0 Å². The molecule has 0 heterocycles. The summed E-state index contributed by atoms with van der Waals surface area (Å²) in [5, 5.41) is 0. The Balaban J connectivity index is 2.67. The van der Waals surface area contributed by atoms with E-state index in [0.29, 0.717) is 25.3 Å². The standard InChI is InChI=1S/C14H21FN2O2/c1-3-17(10-14(18)19-4-2)9-11-5-6-13(15)12(7-11)8-16/h5-7H,3-4,8-10,16H2,1-2H3. The predicted molar refractivity (Wildman–Crippen MR) is 71.9 cm³/mol. The number of esters is 1. The number of rotatable bonds is 7. The van der Waals surface area contributed by atoms with Crippen LogP contribution in [0.2, 0.25) is 0 Å². The zero-order valence-corrected chi connectivity index (χ0v) is 11.5. The Morgan fingerprint density at radius 2 is 2.16 bits per heavy atom. The van der Waals surface area contributed by atoms with Crippen LogP contribution in [0.15, 0.2) is 18.2 Å². The van der Waals surface area contributed by atoms with Gasteiger partial charge in [-0.2, -0.15) is 0 Å². The summed E-state index contributed by atoms with van der Waals surface area (Å²) in [5.74, 6) is -0.537. The van der Waals surface area contributed by atoms with Crippen molar-refractivity contribution in [3.05, 3.63) is 35.1 Å². The molecule has 19 heavy (non-hydrogen) atoms. The first-order chi connectivity index (χ1) is 9.10. The summed E-state index contributed by atoms with van der Waals surface area (Å²) in [6.07, 6.45) is 0. The van der Waals surface area contributed by atoms with Gasteiger partial charge >= 0.3 is 5.97 Å². The lowest BCUT2D eigenvalue weighted by molar-refractivity contribution is -0.144. The Morgan fingerprint density at radius 1 is 1.42 bits per heavy atom. The van der Waals surface area contributed by atoms with E-state index in [9.17, 15) is 9.18 Å². The van der Waals surface area contributed by atoms with Gasteiger partial charge in [-0.15, -0.1) is 0 Å². The lowest BCUT2D eigenvalue weighted by atomic mass is 10.1. The van der Waals surface area contributed by atoms with Crippen molar-refractivity contribution in [3.63, 3.8) is 0 Å². The quantitative estimate of drug-likeness (QED) is 0.764. The Bertz CT molecular complexity index is 424. The third kappa shape index (κ3) is 4.96. The van der Waals surface area contributed by atoms with Gasteiger partial charge in [-0.05, 0) is 25.1 Å². The molecule has 2 N–H and O–H groups in total. The van der Waals surface area contributed by atoms with E-state index in [2.05, 4.69) is 0 Å². The topological polar surface area (TPSA) is 55.6 Å². The largest absolute Gasteiger partial charge is 0.465 e. The molecule has 1 aromatic carbocycles. The molecule has 0 bridgehead atoms. The lowest BCUT2D eigenvalue weighted by Gasteiger charge is -2.19. The third-order valence-corrected chi connectivity index (χ3v) is 2.84. The normalized spacial score (nSPS) is 10.8. The van der Waals surface area contributed by atoms with Crippen molar-refractivity contribution in [1.82, 2.24) is 4.90 Å². The van der Waals surface area contributed by atoms with Crippen LogP contribution in [0.3, 0.4) is 0 Å². The number of carbonyl (C=O) groups is 1. The van der Waals surface area contributed by atoms with Crippen LogP contribution in [-0.2, 0) is 22.6 Å².